The van der Waals surface area contributed by atoms with Crippen LogP contribution in [0.3, 0.4) is 0 Å². The van der Waals surface area contributed by atoms with Crippen LogP contribution >= 0.6 is 0 Å². The zero-order valence-corrected chi connectivity index (χ0v) is 18.3. The average molecular weight is 445 g/mol. The summed E-state index contributed by atoms with van der Waals surface area (Å²) in [7, 11) is -3.85. The number of nitrogens with zero attached hydrogens (tertiary/aromatic N) is 1. The van der Waals surface area contributed by atoms with Crippen molar-refractivity contribution in [3.63, 3.8) is 0 Å². The molecule has 0 aliphatic carbocycles. The highest BCUT2D eigenvalue weighted by Gasteiger charge is 2.43. The molecule has 0 saturated carbocycles. The maximum Gasteiger partial charge on any atom is 0.304 e. The largest absolute Gasteiger partial charge is 0.437 e. The highest BCUT2D eigenvalue weighted by Crippen LogP contribution is 2.35. The summed E-state index contributed by atoms with van der Waals surface area (Å²) in [6.45, 7) is 4.78. The predicted octanol–water partition coefficient (Wildman–Crippen LogP) is 2.69. The molecule has 1 aliphatic heterocycles. The van der Waals surface area contributed by atoms with Crippen LogP contribution < -0.4 is 4.72 Å². The fraction of sp³-hybridized carbons (Fsp3) is 0.318. The van der Waals surface area contributed by atoms with Crippen molar-refractivity contribution in [1.82, 2.24) is 9.62 Å². The Kier molecular flexibility index (Phi) is 6.56. The van der Waals surface area contributed by atoms with Crippen LogP contribution in [0, 0.1) is 6.92 Å². The molecule has 2 aromatic rings. The van der Waals surface area contributed by atoms with Gasteiger partial charge in [0.05, 0.1) is 4.90 Å². The number of aryl methyl sites for hydroxylation is 1. The molecule has 0 bridgehead atoms. The Morgan fingerprint density at radius 3 is 2.39 bits per heavy atom. The summed E-state index contributed by atoms with van der Waals surface area (Å²) in [5.74, 6) is -1.85. The highest BCUT2D eigenvalue weighted by molar-refractivity contribution is 7.89. The molecule has 0 saturated heterocycles. The topological polar surface area (TPSA) is 110 Å². The van der Waals surface area contributed by atoms with Crippen molar-refractivity contribution >= 4 is 27.8 Å². The summed E-state index contributed by atoms with van der Waals surface area (Å²) in [6.07, 6.45) is -1.11. The van der Waals surface area contributed by atoms with E-state index in [1.807, 2.05) is 6.92 Å². The minimum atomic E-state index is -3.85. The molecule has 2 amide bonds. The van der Waals surface area contributed by atoms with Gasteiger partial charge in [0.15, 0.2) is 0 Å². The van der Waals surface area contributed by atoms with Gasteiger partial charge < -0.3 is 4.74 Å². The minimum Gasteiger partial charge on any atom is -0.437 e. The molecule has 0 radical (unpaired) electrons. The van der Waals surface area contributed by atoms with Crippen molar-refractivity contribution in [3.05, 3.63) is 65.2 Å². The lowest BCUT2D eigenvalue weighted by Crippen LogP contribution is -2.42. The highest BCUT2D eigenvalue weighted by atomic mass is 32.2. The van der Waals surface area contributed by atoms with E-state index in [-0.39, 0.29) is 16.9 Å². The quantitative estimate of drug-likeness (QED) is 0.658. The lowest BCUT2D eigenvalue weighted by molar-refractivity contribution is -0.158. The number of imide groups is 1. The van der Waals surface area contributed by atoms with Crippen molar-refractivity contribution in [3.8, 4) is 0 Å². The summed E-state index contributed by atoms with van der Waals surface area (Å²) in [6, 6.07) is 12.1. The van der Waals surface area contributed by atoms with E-state index in [1.54, 1.807) is 43.3 Å². The number of benzene rings is 2. The third-order valence-electron chi connectivity index (χ3n) is 5.02. The number of rotatable bonds is 7. The number of nitrogens with one attached hydrogen (secondary N) is 1. The normalized spacial score (nSPS) is 16.7. The van der Waals surface area contributed by atoms with Gasteiger partial charge in [-0.1, -0.05) is 42.8 Å². The van der Waals surface area contributed by atoms with Gasteiger partial charge in [-0.15, -0.1) is 0 Å². The molecule has 3 rings (SSSR count). The first kappa shape index (κ1) is 22.6. The van der Waals surface area contributed by atoms with E-state index in [1.165, 1.54) is 19.1 Å². The van der Waals surface area contributed by atoms with Crippen molar-refractivity contribution in [2.24, 2.45) is 0 Å². The summed E-state index contributed by atoms with van der Waals surface area (Å²) in [5.41, 5.74) is 1.62. The summed E-state index contributed by atoms with van der Waals surface area (Å²) >= 11 is 0. The summed E-state index contributed by atoms with van der Waals surface area (Å²) < 4.78 is 33.2. The van der Waals surface area contributed by atoms with Gasteiger partial charge in [-0.2, -0.15) is 0 Å². The Morgan fingerprint density at radius 2 is 1.77 bits per heavy atom. The van der Waals surface area contributed by atoms with E-state index in [0.29, 0.717) is 12.0 Å². The fourth-order valence-electron chi connectivity index (χ4n) is 3.38. The number of fused-ring (bicyclic) bond motifs is 1. The van der Waals surface area contributed by atoms with Crippen LogP contribution in [-0.2, 0) is 24.3 Å². The number of esters is 1. The molecule has 2 aromatic carbocycles. The smallest absolute Gasteiger partial charge is 0.304 e. The predicted molar refractivity (Wildman–Crippen MR) is 112 cm³/mol. The molecule has 0 spiro atoms. The van der Waals surface area contributed by atoms with E-state index in [9.17, 15) is 22.8 Å². The monoisotopic (exact) mass is 444 g/mol. The standard InChI is InChI=1S/C22H24N2O6S/c1-4-16(23-31(28,29)17-11-9-14(2)10-12-17)13-20(26)24-21(27)18-7-5-6-8-19(18)22(24)30-15(3)25/h5-12,16,22-23H,4,13H2,1-3H3. The Balaban J connectivity index is 1.80. The van der Waals surface area contributed by atoms with Crippen LogP contribution in [0.1, 0.15) is 54.4 Å². The van der Waals surface area contributed by atoms with Gasteiger partial charge in [0.1, 0.15) is 0 Å². The third-order valence-corrected chi connectivity index (χ3v) is 6.56. The number of sulfonamides is 1. The lowest BCUT2D eigenvalue weighted by Gasteiger charge is -2.25. The molecule has 0 fully saturated rings. The molecule has 0 aromatic heterocycles. The lowest BCUT2D eigenvalue weighted by atomic mass is 10.1. The van der Waals surface area contributed by atoms with Crippen LogP contribution in [0.25, 0.3) is 0 Å². The van der Waals surface area contributed by atoms with Gasteiger partial charge in [-0.05, 0) is 31.5 Å². The second-order valence-corrected chi connectivity index (χ2v) is 9.08. The molecule has 9 heteroatoms. The fourth-order valence-corrected chi connectivity index (χ4v) is 4.70. The molecule has 31 heavy (non-hydrogen) atoms. The van der Waals surface area contributed by atoms with E-state index >= 15 is 0 Å². The van der Waals surface area contributed by atoms with Crippen molar-refractivity contribution in [1.29, 1.82) is 0 Å². The summed E-state index contributed by atoms with van der Waals surface area (Å²) in [4.78, 5) is 38.4. The first-order chi connectivity index (χ1) is 14.6. The Bertz CT molecular complexity index is 1110. The number of amides is 2. The number of hydrogen-bond donors (Lipinski definition) is 1. The van der Waals surface area contributed by atoms with Crippen molar-refractivity contribution < 1.29 is 27.5 Å². The second-order valence-electron chi connectivity index (χ2n) is 7.36. The van der Waals surface area contributed by atoms with Crippen LogP contribution in [0.2, 0.25) is 0 Å². The van der Waals surface area contributed by atoms with Crippen LogP contribution in [0.4, 0.5) is 0 Å². The first-order valence-corrected chi connectivity index (χ1v) is 11.3. The van der Waals surface area contributed by atoms with E-state index in [4.69, 9.17) is 4.74 Å². The molecular weight excluding hydrogens is 420 g/mol. The molecular formula is C22H24N2O6S. The molecule has 2 unspecified atom stereocenters. The molecule has 1 aliphatic rings. The maximum atomic E-state index is 13.0. The van der Waals surface area contributed by atoms with Crippen molar-refractivity contribution in [2.45, 2.75) is 50.8 Å². The van der Waals surface area contributed by atoms with Gasteiger partial charge in [-0.25, -0.2) is 18.0 Å². The van der Waals surface area contributed by atoms with Gasteiger partial charge in [0.25, 0.3) is 5.91 Å². The molecule has 164 valence electrons. The van der Waals surface area contributed by atoms with Gasteiger partial charge in [0, 0.05) is 30.5 Å². The molecule has 1 N–H and O–H groups in total. The summed E-state index contributed by atoms with van der Waals surface area (Å²) in [5, 5.41) is 0. The second kappa shape index (κ2) is 8.99. The van der Waals surface area contributed by atoms with E-state index in [0.717, 1.165) is 10.5 Å². The van der Waals surface area contributed by atoms with Gasteiger partial charge in [-0.3, -0.25) is 14.4 Å². The maximum absolute atomic E-state index is 13.0. The Morgan fingerprint density at radius 1 is 1.13 bits per heavy atom. The first-order valence-electron chi connectivity index (χ1n) is 9.85. The SMILES string of the molecule is CCC(CC(=O)N1C(=O)c2ccccc2C1OC(C)=O)NS(=O)(=O)c1ccc(C)cc1. The van der Waals surface area contributed by atoms with E-state index < -0.39 is 40.1 Å². The Labute approximate surface area is 181 Å². The van der Waals surface area contributed by atoms with Crippen LogP contribution in [0.15, 0.2) is 53.4 Å². The van der Waals surface area contributed by atoms with Gasteiger partial charge in [0.2, 0.25) is 22.2 Å². The van der Waals surface area contributed by atoms with E-state index in [2.05, 4.69) is 4.72 Å². The van der Waals surface area contributed by atoms with Crippen LogP contribution in [0.5, 0.6) is 0 Å². The zero-order valence-electron chi connectivity index (χ0n) is 17.5. The number of ether oxygens (including phenoxy) is 1. The average Bonchev–Trinajstić information content (AvgIpc) is 2.99. The van der Waals surface area contributed by atoms with Crippen molar-refractivity contribution in [2.75, 3.05) is 0 Å². The third kappa shape index (κ3) is 4.83. The molecule has 8 nitrogen and oxygen atoms in total. The van der Waals surface area contributed by atoms with Crippen LogP contribution in [-0.4, -0.2) is 37.1 Å². The zero-order chi connectivity index (χ0) is 22.8. The number of hydrogen-bond acceptors (Lipinski definition) is 6. The minimum absolute atomic E-state index is 0.0893. The Hall–Kier alpha value is -3.04. The molecule has 1 heterocycles. The van der Waals surface area contributed by atoms with Gasteiger partial charge >= 0.3 is 5.97 Å². The number of carbonyl (C=O) groups is 3. The number of carbonyl (C=O) groups excluding carboxylic acids is 3. The molecule has 2 atom stereocenters.